The fraction of sp³-hybridized carbons (Fsp3) is 0.647. The van der Waals surface area contributed by atoms with Crippen LogP contribution in [0.2, 0.25) is 0 Å². The number of morpholine rings is 1. The maximum atomic E-state index is 9.89. The van der Waals surface area contributed by atoms with Gasteiger partial charge in [-0.25, -0.2) is 0 Å². The number of rotatable bonds is 5. The van der Waals surface area contributed by atoms with Crippen LogP contribution in [-0.4, -0.2) is 47.4 Å². The first kappa shape index (κ1) is 17.7. The van der Waals surface area contributed by atoms with Crippen LogP contribution >= 0.6 is 15.9 Å². The lowest BCUT2D eigenvalue weighted by Crippen LogP contribution is -2.58. The molecule has 1 aromatic carbocycles. The van der Waals surface area contributed by atoms with E-state index in [-0.39, 0.29) is 17.7 Å². The predicted octanol–water partition coefficient (Wildman–Crippen LogP) is 3.13. The lowest BCUT2D eigenvalue weighted by molar-refractivity contribution is -0.0952. The normalized spacial score (nSPS) is 23.7. The van der Waals surface area contributed by atoms with Crippen LogP contribution in [0.25, 0.3) is 0 Å². The number of phenols is 1. The third-order valence-electron chi connectivity index (χ3n) is 4.19. The van der Waals surface area contributed by atoms with Gasteiger partial charge in [-0.1, -0.05) is 15.9 Å². The van der Waals surface area contributed by atoms with Crippen molar-refractivity contribution in [1.82, 2.24) is 10.2 Å². The van der Waals surface area contributed by atoms with Gasteiger partial charge in [0.15, 0.2) is 0 Å². The summed E-state index contributed by atoms with van der Waals surface area (Å²) < 4.78 is 6.80. The van der Waals surface area contributed by atoms with Crippen molar-refractivity contribution in [2.75, 3.05) is 19.6 Å². The minimum absolute atomic E-state index is 0.0495. The van der Waals surface area contributed by atoms with E-state index < -0.39 is 0 Å². The van der Waals surface area contributed by atoms with Gasteiger partial charge in [-0.2, -0.15) is 0 Å². The Morgan fingerprint density at radius 3 is 2.59 bits per heavy atom. The average Bonchev–Trinajstić information content (AvgIpc) is 2.41. The summed E-state index contributed by atoms with van der Waals surface area (Å²) in [6.45, 7) is 12.2. The number of hydrogen-bond acceptors (Lipinski definition) is 4. The van der Waals surface area contributed by atoms with Gasteiger partial charge in [0.05, 0.1) is 12.2 Å². The number of ether oxygens (including phenoxy) is 1. The van der Waals surface area contributed by atoms with Gasteiger partial charge in [-0.15, -0.1) is 0 Å². The second kappa shape index (κ2) is 7.30. The summed E-state index contributed by atoms with van der Waals surface area (Å²) in [5.41, 5.74) is 0.961. The van der Waals surface area contributed by atoms with E-state index in [0.717, 1.165) is 29.7 Å². The van der Waals surface area contributed by atoms with Crippen LogP contribution in [-0.2, 0) is 11.3 Å². The van der Waals surface area contributed by atoms with Crippen molar-refractivity contribution < 1.29 is 9.84 Å². The Balaban J connectivity index is 1.90. The second-order valence-corrected chi connectivity index (χ2v) is 7.77. The third kappa shape index (κ3) is 4.69. The molecule has 1 aromatic rings. The molecular weight excluding hydrogens is 344 g/mol. The van der Waals surface area contributed by atoms with Crippen molar-refractivity contribution >= 4 is 15.9 Å². The van der Waals surface area contributed by atoms with Gasteiger partial charge in [0.2, 0.25) is 0 Å². The predicted molar refractivity (Wildman–Crippen MR) is 93.2 cm³/mol. The quantitative estimate of drug-likeness (QED) is 0.835. The summed E-state index contributed by atoms with van der Waals surface area (Å²) in [6.07, 6.45) is 0.550. The summed E-state index contributed by atoms with van der Waals surface area (Å²) in [5.74, 6) is 0.335. The van der Waals surface area contributed by atoms with Gasteiger partial charge in [-0.05, 0) is 45.9 Å². The Hall–Kier alpha value is -0.620. The summed E-state index contributed by atoms with van der Waals surface area (Å²) in [5, 5.41) is 13.4. The van der Waals surface area contributed by atoms with Crippen LogP contribution in [0, 0.1) is 0 Å². The van der Waals surface area contributed by atoms with E-state index in [1.54, 1.807) is 6.07 Å². The molecule has 2 N–H and O–H groups in total. The molecule has 0 saturated carbocycles. The lowest BCUT2D eigenvalue weighted by Gasteiger charge is -2.45. The fourth-order valence-corrected chi connectivity index (χ4v) is 3.39. The van der Waals surface area contributed by atoms with Crippen molar-refractivity contribution in [3.8, 4) is 5.75 Å². The summed E-state index contributed by atoms with van der Waals surface area (Å²) >= 11 is 3.44. The largest absolute Gasteiger partial charge is 0.508 e. The highest BCUT2D eigenvalue weighted by Crippen LogP contribution is 2.23. The zero-order chi connectivity index (χ0) is 16.3. The van der Waals surface area contributed by atoms with E-state index in [9.17, 15) is 5.11 Å². The molecule has 1 heterocycles. The van der Waals surface area contributed by atoms with Gasteiger partial charge in [-0.3, -0.25) is 4.90 Å². The standard InChI is InChI=1S/C17H27BrN2O2/c1-12-9-20(10-13(2)22-12)17(3,4)11-19-8-14-7-15(18)5-6-16(14)21/h5-7,12-13,19,21H,8-11H2,1-4H3/t12-,13+. The SMILES string of the molecule is C[C@@H]1CN(C(C)(C)CNCc2cc(Br)ccc2O)C[C@H](C)O1. The molecule has 0 aliphatic carbocycles. The van der Waals surface area contributed by atoms with Crippen LogP contribution in [0.15, 0.2) is 22.7 Å². The molecule has 0 spiro atoms. The van der Waals surface area contributed by atoms with Crippen LogP contribution in [0.4, 0.5) is 0 Å². The number of hydrogen-bond donors (Lipinski definition) is 2. The van der Waals surface area contributed by atoms with E-state index in [2.05, 4.69) is 53.8 Å². The van der Waals surface area contributed by atoms with Crippen molar-refractivity contribution in [2.45, 2.75) is 52.0 Å². The lowest BCUT2D eigenvalue weighted by atomic mass is 10.00. The number of aromatic hydroxyl groups is 1. The molecule has 0 amide bonds. The highest BCUT2D eigenvalue weighted by molar-refractivity contribution is 9.10. The molecule has 2 atom stereocenters. The molecular formula is C17H27BrN2O2. The second-order valence-electron chi connectivity index (χ2n) is 6.85. The molecule has 0 radical (unpaired) electrons. The Morgan fingerprint density at radius 1 is 1.32 bits per heavy atom. The molecule has 22 heavy (non-hydrogen) atoms. The first-order chi connectivity index (χ1) is 10.3. The van der Waals surface area contributed by atoms with E-state index in [1.807, 2.05) is 12.1 Å². The Morgan fingerprint density at radius 2 is 1.95 bits per heavy atom. The molecule has 1 aliphatic rings. The van der Waals surface area contributed by atoms with E-state index in [1.165, 1.54) is 0 Å². The van der Waals surface area contributed by atoms with Crippen LogP contribution in [0.5, 0.6) is 5.75 Å². The van der Waals surface area contributed by atoms with Gasteiger partial charge < -0.3 is 15.2 Å². The van der Waals surface area contributed by atoms with Crippen molar-refractivity contribution in [2.24, 2.45) is 0 Å². The van der Waals surface area contributed by atoms with Gasteiger partial charge in [0.1, 0.15) is 5.75 Å². The van der Waals surface area contributed by atoms with E-state index >= 15 is 0 Å². The zero-order valence-electron chi connectivity index (χ0n) is 13.9. The monoisotopic (exact) mass is 370 g/mol. The molecule has 124 valence electrons. The van der Waals surface area contributed by atoms with Gasteiger partial charge in [0, 0.05) is 41.8 Å². The molecule has 0 unspecified atom stereocenters. The molecule has 0 aromatic heterocycles. The van der Waals surface area contributed by atoms with Crippen molar-refractivity contribution in [3.63, 3.8) is 0 Å². The average molecular weight is 371 g/mol. The first-order valence-corrected chi connectivity index (χ1v) is 8.66. The Bertz CT molecular complexity index is 497. The van der Waals surface area contributed by atoms with Crippen molar-refractivity contribution in [3.05, 3.63) is 28.2 Å². The Labute approximate surface area is 142 Å². The molecule has 4 nitrogen and oxygen atoms in total. The molecule has 2 rings (SSSR count). The minimum atomic E-state index is 0.0495. The van der Waals surface area contributed by atoms with E-state index in [4.69, 9.17) is 4.74 Å². The molecule has 0 bridgehead atoms. The topological polar surface area (TPSA) is 44.7 Å². The van der Waals surface area contributed by atoms with Gasteiger partial charge in [0.25, 0.3) is 0 Å². The highest BCUT2D eigenvalue weighted by atomic mass is 79.9. The maximum absolute atomic E-state index is 9.89. The molecule has 1 aliphatic heterocycles. The summed E-state index contributed by atoms with van der Waals surface area (Å²) in [6, 6.07) is 5.52. The third-order valence-corrected chi connectivity index (χ3v) is 4.68. The fourth-order valence-electron chi connectivity index (χ4n) is 2.98. The number of phenolic OH excluding ortho intramolecular Hbond substituents is 1. The van der Waals surface area contributed by atoms with Gasteiger partial charge >= 0.3 is 0 Å². The van der Waals surface area contributed by atoms with Crippen LogP contribution in [0.3, 0.4) is 0 Å². The highest BCUT2D eigenvalue weighted by Gasteiger charge is 2.32. The number of nitrogens with zero attached hydrogens (tertiary/aromatic N) is 1. The number of benzene rings is 1. The smallest absolute Gasteiger partial charge is 0.120 e. The zero-order valence-corrected chi connectivity index (χ0v) is 15.5. The van der Waals surface area contributed by atoms with E-state index in [0.29, 0.717) is 12.3 Å². The summed E-state index contributed by atoms with van der Waals surface area (Å²) in [7, 11) is 0. The molecule has 5 heteroatoms. The number of halogens is 1. The molecule has 1 saturated heterocycles. The Kier molecular flexibility index (Phi) is 5.88. The van der Waals surface area contributed by atoms with Crippen LogP contribution in [0.1, 0.15) is 33.3 Å². The minimum Gasteiger partial charge on any atom is -0.508 e. The maximum Gasteiger partial charge on any atom is 0.120 e. The molecule has 1 fully saturated rings. The first-order valence-electron chi connectivity index (χ1n) is 7.86. The van der Waals surface area contributed by atoms with Crippen molar-refractivity contribution in [1.29, 1.82) is 0 Å². The summed E-state index contributed by atoms with van der Waals surface area (Å²) in [4.78, 5) is 2.49. The number of nitrogens with one attached hydrogen (secondary N) is 1. The van der Waals surface area contributed by atoms with Crippen LogP contribution < -0.4 is 5.32 Å².